The molecule has 2 aliphatic heterocycles. The molecule has 7 nitrogen and oxygen atoms in total. The number of halogens is 1. The van der Waals surface area contributed by atoms with E-state index in [-0.39, 0.29) is 30.3 Å². The van der Waals surface area contributed by atoms with Crippen LogP contribution in [0.1, 0.15) is 19.3 Å². The summed E-state index contributed by atoms with van der Waals surface area (Å²) in [6.45, 7) is 1.60. The molecule has 3 heterocycles. The maximum atomic E-state index is 13.0. The maximum Gasteiger partial charge on any atom is 0.316 e. The first kappa shape index (κ1) is 18.9. The Morgan fingerprint density at radius 3 is 2.79 bits per heavy atom. The molecule has 2 aromatic rings. The van der Waals surface area contributed by atoms with Crippen molar-refractivity contribution in [1.29, 1.82) is 0 Å². The summed E-state index contributed by atoms with van der Waals surface area (Å²) >= 11 is 3.43. The predicted octanol–water partition coefficient (Wildman–Crippen LogP) is 2.66. The van der Waals surface area contributed by atoms with Gasteiger partial charge in [0.1, 0.15) is 6.10 Å². The minimum atomic E-state index is -0.321. The number of rotatable bonds is 4. The van der Waals surface area contributed by atoms with Crippen molar-refractivity contribution in [2.45, 2.75) is 25.4 Å². The van der Waals surface area contributed by atoms with Crippen molar-refractivity contribution in [2.75, 3.05) is 24.5 Å². The third-order valence-electron chi connectivity index (χ3n) is 5.10. The molecule has 0 spiro atoms. The Hall–Kier alpha value is -2.48. The highest BCUT2D eigenvalue weighted by molar-refractivity contribution is 9.10. The van der Waals surface area contributed by atoms with Crippen molar-refractivity contribution in [3.63, 3.8) is 0 Å². The van der Waals surface area contributed by atoms with Crippen LogP contribution in [0.2, 0.25) is 0 Å². The van der Waals surface area contributed by atoms with Gasteiger partial charge in [0.2, 0.25) is 11.8 Å². The van der Waals surface area contributed by atoms with Crippen LogP contribution in [0.3, 0.4) is 0 Å². The zero-order valence-electron chi connectivity index (χ0n) is 15.3. The van der Waals surface area contributed by atoms with Crippen LogP contribution in [-0.2, 0) is 9.59 Å². The van der Waals surface area contributed by atoms with Gasteiger partial charge in [0.25, 0.3) is 0 Å². The molecule has 1 aromatic carbocycles. The van der Waals surface area contributed by atoms with Gasteiger partial charge in [0.05, 0.1) is 12.5 Å². The lowest BCUT2D eigenvalue weighted by molar-refractivity contribution is -0.138. The summed E-state index contributed by atoms with van der Waals surface area (Å²) in [7, 11) is 0. The number of carbonyl (C=O) groups excluding carboxylic acids is 2. The van der Waals surface area contributed by atoms with E-state index in [4.69, 9.17) is 4.74 Å². The SMILES string of the molecule is O=C(C1CC(=O)N(c2cccc(Br)c2)C1)N1CCCC(Oc2ncccn2)C1. The van der Waals surface area contributed by atoms with Gasteiger partial charge >= 0.3 is 6.01 Å². The Kier molecular flexibility index (Phi) is 5.57. The summed E-state index contributed by atoms with van der Waals surface area (Å²) in [5.41, 5.74) is 0.816. The van der Waals surface area contributed by atoms with Crippen LogP contribution in [0.15, 0.2) is 47.2 Å². The van der Waals surface area contributed by atoms with Gasteiger partial charge in [-0.05, 0) is 37.1 Å². The lowest BCUT2D eigenvalue weighted by Crippen LogP contribution is -2.47. The normalized spacial score (nSPS) is 22.4. The van der Waals surface area contributed by atoms with E-state index in [0.717, 1.165) is 23.0 Å². The van der Waals surface area contributed by atoms with E-state index in [1.165, 1.54) is 0 Å². The van der Waals surface area contributed by atoms with E-state index >= 15 is 0 Å². The van der Waals surface area contributed by atoms with Crippen molar-refractivity contribution in [3.8, 4) is 6.01 Å². The highest BCUT2D eigenvalue weighted by Crippen LogP contribution is 2.29. The van der Waals surface area contributed by atoms with Crippen LogP contribution in [0.5, 0.6) is 6.01 Å². The van der Waals surface area contributed by atoms with Crippen LogP contribution >= 0.6 is 15.9 Å². The van der Waals surface area contributed by atoms with E-state index in [0.29, 0.717) is 25.6 Å². The minimum Gasteiger partial charge on any atom is -0.458 e. The van der Waals surface area contributed by atoms with Crippen LogP contribution in [0.25, 0.3) is 0 Å². The molecule has 2 atom stereocenters. The number of hydrogen-bond acceptors (Lipinski definition) is 5. The molecular weight excluding hydrogens is 424 g/mol. The number of benzene rings is 1. The largest absolute Gasteiger partial charge is 0.458 e. The first-order valence-corrected chi connectivity index (χ1v) is 10.2. The first-order valence-electron chi connectivity index (χ1n) is 9.38. The lowest BCUT2D eigenvalue weighted by atomic mass is 10.0. The molecular formula is C20H21BrN4O3. The Labute approximate surface area is 171 Å². The second-order valence-corrected chi connectivity index (χ2v) is 8.00. The molecule has 0 N–H and O–H groups in total. The van der Waals surface area contributed by atoms with E-state index in [2.05, 4.69) is 25.9 Å². The van der Waals surface area contributed by atoms with Crippen LogP contribution in [-0.4, -0.2) is 52.4 Å². The van der Waals surface area contributed by atoms with Crippen molar-refractivity contribution in [1.82, 2.24) is 14.9 Å². The van der Waals surface area contributed by atoms with E-state index in [1.807, 2.05) is 29.2 Å². The summed E-state index contributed by atoms with van der Waals surface area (Å²) in [5.74, 6) is -0.315. The highest BCUT2D eigenvalue weighted by atomic mass is 79.9. The van der Waals surface area contributed by atoms with E-state index in [1.54, 1.807) is 23.4 Å². The van der Waals surface area contributed by atoms with Gasteiger partial charge in [0, 0.05) is 42.1 Å². The molecule has 4 rings (SSSR count). The molecule has 1 aromatic heterocycles. The number of hydrogen-bond donors (Lipinski definition) is 0. The van der Waals surface area contributed by atoms with Gasteiger partial charge in [-0.25, -0.2) is 9.97 Å². The second kappa shape index (κ2) is 8.26. The summed E-state index contributed by atoms with van der Waals surface area (Å²) in [6, 6.07) is 9.66. The summed E-state index contributed by atoms with van der Waals surface area (Å²) in [6.07, 6.45) is 5.10. The topological polar surface area (TPSA) is 75.6 Å². The van der Waals surface area contributed by atoms with Crippen LogP contribution < -0.4 is 9.64 Å². The van der Waals surface area contributed by atoms with Crippen LogP contribution in [0, 0.1) is 5.92 Å². The average Bonchev–Trinajstić information content (AvgIpc) is 3.10. The molecule has 2 saturated heterocycles. The summed E-state index contributed by atoms with van der Waals surface area (Å²) in [4.78, 5) is 37.2. The Bertz CT molecular complexity index is 864. The fraction of sp³-hybridized carbons (Fsp3) is 0.400. The number of nitrogens with zero attached hydrogens (tertiary/aromatic N) is 4. The third kappa shape index (κ3) is 4.16. The third-order valence-corrected chi connectivity index (χ3v) is 5.59. The minimum absolute atomic E-state index is 0.0149. The summed E-state index contributed by atoms with van der Waals surface area (Å²) in [5, 5.41) is 0. The van der Waals surface area contributed by atoms with Crippen molar-refractivity contribution in [2.24, 2.45) is 5.92 Å². The summed E-state index contributed by atoms with van der Waals surface area (Å²) < 4.78 is 6.73. The molecule has 8 heteroatoms. The molecule has 0 aliphatic carbocycles. The highest BCUT2D eigenvalue weighted by Gasteiger charge is 2.38. The average molecular weight is 445 g/mol. The Morgan fingerprint density at radius 2 is 2.00 bits per heavy atom. The number of likely N-dealkylation sites (tertiary alicyclic amines) is 1. The van der Waals surface area contributed by atoms with Gasteiger partial charge in [-0.2, -0.15) is 0 Å². The van der Waals surface area contributed by atoms with Gasteiger partial charge < -0.3 is 14.5 Å². The first-order chi connectivity index (χ1) is 13.6. The number of carbonyl (C=O) groups is 2. The van der Waals surface area contributed by atoms with E-state index in [9.17, 15) is 9.59 Å². The molecule has 28 heavy (non-hydrogen) atoms. The maximum absolute atomic E-state index is 13.0. The fourth-order valence-corrected chi connectivity index (χ4v) is 4.14. The number of anilines is 1. The quantitative estimate of drug-likeness (QED) is 0.724. The van der Waals surface area contributed by atoms with Crippen molar-refractivity contribution >= 4 is 33.4 Å². The van der Waals surface area contributed by atoms with Gasteiger partial charge in [-0.3, -0.25) is 9.59 Å². The number of amides is 2. The number of piperidine rings is 1. The van der Waals surface area contributed by atoms with Gasteiger partial charge in [0.15, 0.2) is 0 Å². The Morgan fingerprint density at radius 1 is 1.18 bits per heavy atom. The zero-order valence-corrected chi connectivity index (χ0v) is 16.9. The molecule has 2 unspecified atom stereocenters. The predicted molar refractivity (Wildman–Crippen MR) is 107 cm³/mol. The van der Waals surface area contributed by atoms with Crippen LogP contribution in [0.4, 0.5) is 5.69 Å². The second-order valence-electron chi connectivity index (χ2n) is 7.08. The molecule has 2 fully saturated rings. The van der Waals surface area contributed by atoms with Gasteiger partial charge in [-0.1, -0.05) is 22.0 Å². The molecule has 146 valence electrons. The molecule has 0 saturated carbocycles. The number of ether oxygens (including phenoxy) is 1. The standard InChI is InChI=1S/C20H21BrN4O3/c21-15-4-1-5-16(11-15)25-12-14(10-18(25)26)19(27)24-9-2-6-17(13-24)28-20-22-7-3-8-23-20/h1,3-5,7-8,11,14,17H,2,6,9-10,12-13H2. The molecule has 0 bridgehead atoms. The molecule has 2 amide bonds. The lowest BCUT2D eigenvalue weighted by Gasteiger charge is -2.33. The van der Waals surface area contributed by atoms with Crippen molar-refractivity contribution < 1.29 is 14.3 Å². The van der Waals surface area contributed by atoms with Gasteiger partial charge in [-0.15, -0.1) is 0 Å². The monoisotopic (exact) mass is 444 g/mol. The van der Waals surface area contributed by atoms with E-state index < -0.39 is 0 Å². The molecule has 2 aliphatic rings. The Balaban J connectivity index is 1.39. The molecule has 0 radical (unpaired) electrons. The zero-order chi connectivity index (χ0) is 19.5. The smallest absolute Gasteiger partial charge is 0.316 e. The van der Waals surface area contributed by atoms with Crippen molar-refractivity contribution in [3.05, 3.63) is 47.2 Å². The number of aromatic nitrogens is 2. The fourth-order valence-electron chi connectivity index (χ4n) is 3.75.